The lowest BCUT2D eigenvalue weighted by molar-refractivity contribution is 0.0393. The van der Waals surface area contributed by atoms with Gasteiger partial charge in [0.25, 0.3) is 0 Å². The van der Waals surface area contributed by atoms with Gasteiger partial charge in [-0.15, -0.1) is 0 Å². The number of hydrogen-bond donors (Lipinski definition) is 1. The van der Waals surface area contributed by atoms with Crippen molar-refractivity contribution < 1.29 is 4.74 Å². The molecule has 2 aliphatic heterocycles. The average Bonchev–Trinajstić information content (AvgIpc) is 2.38. The number of nitrogens with zero attached hydrogens (tertiary/aromatic N) is 1. The molecule has 1 unspecified atom stereocenters. The van der Waals surface area contributed by atoms with Gasteiger partial charge >= 0.3 is 0 Å². The van der Waals surface area contributed by atoms with E-state index < -0.39 is 0 Å². The highest BCUT2D eigenvalue weighted by Gasteiger charge is 2.20. The van der Waals surface area contributed by atoms with Crippen LogP contribution in [0.3, 0.4) is 0 Å². The van der Waals surface area contributed by atoms with E-state index >= 15 is 0 Å². The van der Waals surface area contributed by atoms with Crippen LogP contribution in [0.4, 0.5) is 0 Å². The average molecular weight is 226 g/mol. The van der Waals surface area contributed by atoms with Crippen molar-refractivity contribution in [3.05, 3.63) is 0 Å². The Morgan fingerprint density at radius 2 is 2.06 bits per heavy atom. The zero-order valence-corrected chi connectivity index (χ0v) is 10.6. The minimum absolute atomic E-state index is 0.521. The van der Waals surface area contributed by atoms with Gasteiger partial charge < -0.3 is 15.0 Å². The summed E-state index contributed by atoms with van der Waals surface area (Å²) in [6.07, 6.45) is 7.15. The van der Waals surface area contributed by atoms with Gasteiger partial charge in [0.05, 0.1) is 6.10 Å². The van der Waals surface area contributed by atoms with Gasteiger partial charge in [0.2, 0.25) is 0 Å². The first-order chi connectivity index (χ1) is 7.88. The second-order valence-corrected chi connectivity index (χ2v) is 5.28. The molecule has 0 aromatic carbocycles. The Hall–Kier alpha value is -0.120. The zero-order chi connectivity index (χ0) is 11.2. The third kappa shape index (κ3) is 3.72. The molecule has 2 rings (SSSR count). The molecule has 3 nitrogen and oxygen atoms in total. The van der Waals surface area contributed by atoms with Crippen molar-refractivity contribution in [3.8, 4) is 0 Å². The molecule has 0 aromatic rings. The Morgan fingerprint density at radius 1 is 1.25 bits per heavy atom. The van der Waals surface area contributed by atoms with Gasteiger partial charge in [-0.05, 0) is 57.7 Å². The van der Waals surface area contributed by atoms with E-state index in [1.165, 1.54) is 64.8 Å². The minimum atomic E-state index is 0.521. The van der Waals surface area contributed by atoms with Crippen molar-refractivity contribution in [1.29, 1.82) is 0 Å². The predicted molar refractivity (Wildman–Crippen MR) is 66.7 cm³/mol. The Balaban J connectivity index is 1.59. The van der Waals surface area contributed by atoms with Gasteiger partial charge in [-0.1, -0.05) is 0 Å². The number of likely N-dealkylation sites (tertiary alicyclic amines) is 1. The fourth-order valence-electron chi connectivity index (χ4n) is 2.90. The SMILES string of the molecule is COC1CCN(CCC2CCCNC2)CC1. The lowest BCUT2D eigenvalue weighted by atomic mass is 9.95. The van der Waals surface area contributed by atoms with Crippen LogP contribution in [0.5, 0.6) is 0 Å². The molecule has 0 bridgehead atoms. The number of hydrogen-bond acceptors (Lipinski definition) is 3. The molecule has 0 saturated carbocycles. The highest BCUT2D eigenvalue weighted by Crippen LogP contribution is 2.17. The molecule has 0 aliphatic carbocycles. The summed E-state index contributed by atoms with van der Waals surface area (Å²) >= 11 is 0. The third-order valence-electron chi connectivity index (χ3n) is 4.12. The first kappa shape index (κ1) is 12.3. The van der Waals surface area contributed by atoms with Crippen LogP contribution in [-0.4, -0.2) is 50.8 Å². The molecular weight excluding hydrogens is 200 g/mol. The molecule has 0 aromatic heterocycles. The van der Waals surface area contributed by atoms with Crippen molar-refractivity contribution >= 4 is 0 Å². The van der Waals surface area contributed by atoms with Crippen LogP contribution in [0, 0.1) is 5.92 Å². The Labute approximate surface area is 99.5 Å². The van der Waals surface area contributed by atoms with E-state index in [2.05, 4.69) is 10.2 Å². The van der Waals surface area contributed by atoms with Crippen molar-refractivity contribution in [2.24, 2.45) is 5.92 Å². The summed E-state index contributed by atoms with van der Waals surface area (Å²) in [6.45, 7) is 6.24. The van der Waals surface area contributed by atoms with Crippen LogP contribution in [0.25, 0.3) is 0 Å². The maximum Gasteiger partial charge on any atom is 0.0595 e. The van der Waals surface area contributed by atoms with E-state index in [1.807, 2.05) is 7.11 Å². The molecule has 1 atom stereocenters. The molecule has 2 saturated heterocycles. The fraction of sp³-hybridized carbons (Fsp3) is 1.00. The molecule has 0 radical (unpaired) electrons. The Bertz CT molecular complexity index is 184. The summed E-state index contributed by atoms with van der Waals surface area (Å²) in [6, 6.07) is 0. The summed E-state index contributed by atoms with van der Waals surface area (Å²) in [5.74, 6) is 0.925. The van der Waals surface area contributed by atoms with E-state index in [-0.39, 0.29) is 0 Å². The summed E-state index contributed by atoms with van der Waals surface area (Å²) < 4.78 is 5.40. The Kier molecular flexibility index (Phi) is 5.07. The van der Waals surface area contributed by atoms with E-state index in [0.717, 1.165) is 5.92 Å². The van der Waals surface area contributed by atoms with E-state index in [4.69, 9.17) is 4.74 Å². The number of ether oxygens (including phenoxy) is 1. The lowest BCUT2D eigenvalue weighted by Gasteiger charge is -2.32. The number of rotatable bonds is 4. The Morgan fingerprint density at radius 3 is 2.69 bits per heavy atom. The van der Waals surface area contributed by atoms with E-state index in [9.17, 15) is 0 Å². The van der Waals surface area contributed by atoms with Gasteiger partial charge in [-0.2, -0.15) is 0 Å². The first-order valence-corrected chi connectivity index (χ1v) is 6.84. The molecule has 1 N–H and O–H groups in total. The second kappa shape index (κ2) is 6.58. The quantitative estimate of drug-likeness (QED) is 0.786. The van der Waals surface area contributed by atoms with Gasteiger partial charge in [-0.25, -0.2) is 0 Å². The number of piperidine rings is 2. The standard InChI is InChI=1S/C13H26N2O/c1-16-13-5-9-15(10-6-13)8-4-12-3-2-7-14-11-12/h12-14H,2-11H2,1H3. The van der Waals surface area contributed by atoms with Crippen molar-refractivity contribution in [2.75, 3.05) is 39.8 Å². The van der Waals surface area contributed by atoms with Crippen molar-refractivity contribution in [2.45, 2.75) is 38.2 Å². The molecule has 0 spiro atoms. The number of nitrogens with one attached hydrogen (secondary N) is 1. The first-order valence-electron chi connectivity index (χ1n) is 6.84. The van der Waals surface area contributed by atoms with E-state index in [0.29, 0.717) is 6.10 Å². The largest absolute Gasteiger partial charge is 0.381 e. The van der Waals surface area contributed by atoms with Crippen LogP contribution in [-0.2, 0) is 4.74 Å². The summed E-state index contributed by atoms with van der Waals surface area (Å²) in [5, 5.41) is 3.50. The third-order valence-corrected chi connectivity index (χ3v) is 4.12. The monoisotopic (exact) mass is 226 g/mol. The van der Waals surface area contributed by atoms with Gasteiger partial charge in [0, 0.05) is 20.2 Å². The van der Waals surface area contributed by atoms with Crippen molar-refractivity contribution in [3.63, 3.8) is 0 Å². The normalized spacial score (nSPS) is 29.4. The molecule has 3 heteroatoms. The molecule has 0 amide bonds. The maximum atomic E-state index is 5.40. The van der Waals surface area contributed by atoms with E-state index in [1.54, 1.807) is 0 Å². The second-order valence-electron chi connectivity index (χ2n) is 5.28. The summed E-state index contributed by atoms with van der Waals surface area (Å²) in [5.41, 5.74) is 0. The molecule has 2 fully saturated rings. The topological polar surface area (TPSA) is 24.5 Å². The molecule has 2 aliphatic rings. The number of methoxy groups -OCH3 is 1. The van der Waals surface area contributed by atoms with Gasteiger partial charge in [-0.3, -0.25) is 0 Å². The zero-order valence-electron chi connectivity index (χ0n) is 10.6. The van der Waals surface area contributed by atoms with Crippen LogP contribution in [0.2, 0.25) is 0 Å². The van der Waals surface area contributed by atoms with Crippen LogP contribution < -0.4 is 5.32 Å². The highest BCUT2D eigenvalue weighted by molar-refractivity contribution is 4.75. The maximum absolute atomic E-state index is 5.40. The van der Waals surface area contributed by atoms with Crippen molar-refractivity contribution in [1.82, 2.24) is 10.2 Å². The predicted octanol–water partition coefficient (Wildman–Crippen LogP) is 1.49. The highest BCUT2D eigenvalue weighted by atomic mass is 16.5. The summed E-state index contributed by atoms with van der Waals surface area (Å²) in [4.78, 5) is 2.62. The van der Waals surface area contributed by atoms with Crippen LogP contribution >= 0.6 is 0 Å². The fourth-order valence-corrected chi connectivity index (χ4v) is 2.90. The smallest absolute Gasteiger partial charge is 0.0595 e. The lowest BCUT2D eigenvalue weighted by Crippen LogP contribution is -2.39. The molecule has 16 heavy (non-hydrogen) atoms. The molecule has 94 valence electrons. The molecular formula is C13H26N2O. The minimum Gasteiger partial charge on any atom is -0.381 e. The van der Waals surface area contributed by atoms with Crippen LogP contribution in [0.1, 0.15) is 32.1 Å². The van der Waals surface area contributed by atoms with Gasteiger partial charge in [0.1, 0.15) is 0 Å². The van der Waals surface area contributed by atoms with Crippen LogP contribution in [0.15, 0.2) is 0 Å². The summed E-state index contributed by atoms with van der Waals surface area (Å²) in [7, 11) is 1.84. The van der Waals surface area contributed by atoms with Gasteiger partial charge in [0.15, 0.2) is 0 Å². The molecule has 2 heterocycles.